The molecule has 1 saturated carbocycles. The van der Waals surface area contributed by atoms with Gasteiger partial charge in [0, 0.05) is 18.6 Å². The van der Waals surface area contributed by atoms with E-state index in [2.05, 4.69) is 15.5 Å². The summed E-state index contributed by atoms with van der Waals surface area (Å²) < 4.78 is 39.3. The highest BCUT2D eigenvalue weighted by molar-refractivity contribution is 7.80. The van der Waals surface area contributed by atoms with Crippen LogP contribution in [0.25, 0.3) is 0 Å². The van der Waals surface area contributed by atoms with Crippen molar-refractivity contribution in [2.75, 3.05) is 14.1 Å². The fourth-order valence-electron chi connectivity index (χ4n) is 3.01. The molecule has 128 valence electrons. The van der Waals surface area contributed by atoms with Crippen LogP contribution in [0.5, 0.6) is 0 Å². The van der Waals surface area contributed by atoms with Gasteiger partial charge in [0.15, 0.2) is 22.6 Å². The molecule has 0 saturated heterocycles. The van der Waals surface area contributed by atoms with Gasteiger partial charge in [0.25, 0.3) is 0 Å². The SMILES string of the molecule is CN(C)C1CCCCC1NC(=S)NCc1cc(F)c(F)c(F)c1. The standard InChI is InChI=1S/C16H22F3N3S/c1-22(2)14-6-4-3-5-13(14)21-16(23)20-9-10-7-11(17)15(19)12(18)8-10/h7-8,13-14H,3-6,9H2,1-2H3,(H2,20,21,23). The molecule has 1 fully saturated rings. The molecule has 0 radical (unpaired) electrons. The van der Waals surface area contributed by atoms with Gasteiger partial charge in [-0.2, -0.15) is 0 Å². The molecule has 1 aliphatic rings. The zero-order valence-corrected chi connectivity index (χ0v) is 14.2. The maximum absolute atomic E-state index is 13.2. The van der Waals surface area contributed by atoms with Gasteiger partial charge in [-0.15, -0.1) is 0 Å². The molecule has 0 aliphatic heterocycles. The second kappa shape index (κ2) is 7.97. The number of hydrogen-bond acceptors (Lipinski definition) is 2. The molecule has 0 bridgehead atoms. The van der Waals surface area contributed by atoms with Crippen molar-refractivity contribution >= 4 is 17.3 Å². The van der Waals surface area contributed by atoms with E-state index >= 15 is 0 Å². The lowest BCUT2D eigenvalue weighted by atomic mass is 9.90. The van der Waals surface area contributed by atoms with E-state index < -0.39 is 17.5 Å². The van der Waals surface area contributed by atoms with Gasteiger partial charge in [0.1, 0.15) is 0 Å². The third-order valence-corrected chi connectivity index (χ3v) is 4.47. The van der Waals surface area contributed by atoms with E-state index in [0.717, 1.165) is 31.4 Å². The molecule has 1 aromatic carbocycles. The zero-order chi connectivity index (χ0) is 17.0. The largest absolute Gasteiger partial charge is 0.359 e. The summed E-state index contributed by atoms with van der Waals surface area (Å²) >= 11 is 5.26. The molecule has 0 aromatic heterocycles. The fourth-order valence-corrected chi connectivity index (χ4v) is 3.23. The van der Waals surface area contributed by atoms with Crippen LogP contribution in [0, 0.1) is 17.5 Å². The first kappa shape index (κ1) is 18.0. The third kappa shape index (κ3) is 4.81. The van der Waals surface area contributed by atoms with Crippen LogP contribution in [0.4, 0.5) is 13.2 Å². The molecule has 0 spiro atoms. The molecule has 2 rings (SSSR count). The van der Waals surface area contributed by atoms with E-state index in [0.29, 0.717) is 16.7 Å². The number of thiocarbonyl (C=S) groups is 1. The Morgan fingerprint density at radius 3 is 2.39 bits per heavy atom. The number of halogens is 3. The summed E-state index contributed by atoms with van der Waals surface area (Å²) in [7, 11) is 4.09. The van der Waals surface area contributed by atoms with Gasteiger partial charge in [-0.05, 0) is 56.9 Å². The van der Waals surface area contributed by atoms with Crippen LogP contribution in [0.15, 0.2) is 12.1 Å². The molecule has 0 amide bonds. The van der Waals surface area contributed by atoms with Crippen molar-refractivity contribution in [3.63, 3.8) is 0 Å². The lowest BCUT2D eigenvalue weighted by Gasteiger charge is -2.37. The fraction of sp³-hybridized carbons (Fsp3) is 0.562. The minimum Gasteiger partial charge on any atom is -0.359 e. The molecular formula is C16H22F3N3S. The van der Waals surface area contributed by atoms with Crippen molar-refractivity contribution in [2.45, 2.75) is 44.3 Å². The Morgan fingerprint density at radius 2 is 1.78 bits per heavy atom. The highest BCUT2D eigenvalue weighted by atomic mass is 32.1. The van der Waals surface area contributed by atoms with Crippen LogP contribution in [0.3, 0.4) is 0 Å². The number of nitrogens with one attached hydrogen (secondary N) is 2. The summed E-state index contributed by atoms with van der Waals surface area (Å²) in [5, 5.41) is 6.64. The molecule has 7 heteroatoms. The maximum atomic E-state index is 13.2. The molecule has 1 aliphatic carbocycles. The monoisotopic (exact) mass is 345 g/mol. The van der Waals surface area contributed by atoms with Crippen molar-refractivity contribution in [3.8, 4) is 0 Å². The first-order valence-electron chi connectivity index (χ1n) is 7.72. The Balaban J connectivity index is 1.89. The van der Waals surface area contributed by atoms with E-state index in [1.54, 1.807) is 0 Å². The highest BCUT2D eigenvalue weighted by Gasteiger charge is 2.27. The van der Waals surface area contributed by atoms with E-state index in [1.165, 1.54) is 6.42 Å². The summed E-state index contributed by atoms with van der Waals surface area (Å²) in [4.78, 5) is 2.18. The summed E-state index contributed by atoms with van der Waals surface area (Å²) in [6.45, 7) is 0.138. The summed E-state index contributed by atoms with van der Waals surface area (Å²) in [5.74, 6) is -3.84. The van der Waals surface area contributed by atoms with Gasteiger partial charge >= 0.3 is 0 Å². The van der Waals surface area contributed by atoms with Crippen LogP contribution >= 0.6 is 12.2 Å². The number of benzene rings is 1. The Labute approximate surface area is 140 Å². The molecule has 2 atom stereocenters. The average Bonchev–Trinajstić information content (AvgIpc) is 2.50. The van der Waals surface area contributed by atoms with Gasteiger partial charge in [0.2, 0.25) is 0 Å². The summed E-state index contributed by atoms with van der Waals surface area (Å²) in [6.07, 6.45) is 4.50. The summed E-state index contributed by atoms with van der Waals surface area (Å²) in [5.41, 5.74) is 0.304. The Bertz CT molecular complexity index is 542. The molecular weight excluding hydrogens is 323 g/mol. The van der Waals surface area contributed by atoms with E-state index in [9.17, 15) is 13.2 Å². The quantitative estimate of drug-likeness (QED) is 0.648. The predicted octanol–water partition coefficient (Wildman–Crippen LogP) is 2.94. The van der Waals surface area contributed by atoms with E-state index in [4.69, 9.17) is 12.2 Å². The van der Waals surface area contributed by atoms with Crippen molar-refractivity contribution in [3.05, 3.63) is 35.1 Å². The molecule has 2 N–H and O–H groups in total. The topological polar surface area (TPSA) is 27.3 Å². The number of nitrogens with zero attached hydrogens (tertiary/aromatic N) is 1. The van der Waals surface area contributed by atoms with Gasteiger partial charge in [-0.3, -0.25) is 0 Å². The van der Waals surface area contributed by atoms with E-state index in [-0.39, 0.29) is 12.6 Å². The van der Waals surface area contributed by atoms with Crippen LogP contribution < -0.4 is 10.6 Å². The Kier molecular flexibility index (Phi) is 6.24. The zero-order valence-electron chi connectivity index (χ0n) is 13.3. The maximum Gasteiger partial charge on any atom is 0.194 e. The van der Waals surface area contributed by atoms with E-state index in [1.807, 2.05) is 14.1 Å². The first-order valence-corrected chi connectivity index (χ1v) is 8.13. The van der Waals surface area contributed by atoms with Crippen LogP contribution in [0.2, 0.25) is 0 Å². The average molecular weight is 345 g/mol. The van der Waals surface area contributed by atoms with Crippen molar-refractivity contribution in [1.82, 2.24) is 15.5 Å². The molecule has 23 heavy (non-hydrogen) atoms. The minimum atomic E-state index is -1.45. The van der Waals surface area contributed by atoms with Gasteiger partial charge < -0.3 is 15.5 Å². The molecule has 3 nitrogen and oxygen atoms in total. The number of likely N-dealkylation sites (N-methyl/N-ethyl adjacent to an activating group) is 1. The van der Waals surface area contributed by atoms with Gasteiger partial charge in [-0.1, -0.05) is 12.8 Å². The normalized spacial score (nSPS) is 21.3. The Hall–Kier alpha value is -1.34. The molecule has 1 aromatic rings. The number of hydrogen-bond donors (Lipinski definition) is 2. The lowest BCUT2D eigenvalue weighted by molar-refractivity contribution is 0.190. The smallest absolute Gasteiger partial charge is 0.194 e. The van der Waals surface area contributed by atoms with Crippen LogP contribution in [0.1, 0.15) is 31.2 Å². The first-order chi connectivity index (χ1) is 10.9. The van der Waals surface area contributed by atoms with Crippen LogP contribution in [-0.2, 0) is 6.54 Å². The summed E-state index contributed by atoms with van der Waals surface area (Å²) in [6, 6.07) is 2.60. The highest BCUT2D eigenvalue weighted by Crippen LogP contribution is 2.21. The second-order valence-electron chi connectivity index (χ2n) is 6.12. The van der Waals surface area contributed by atoms with Crippen molar-refractivity contribution < 1.29 is 13.2 Å². The van der Waals surface area contributed by atoms with Crippen molar-refractivity contribution in [2.24, 2.45) is 0 Å². The third-order valence-electron chi connectivity index (χ3n) is 4.21. The molecule has 0 heterocycles. The lowest BCUT2D eigenvalue weighted by Crippen LogP contribution is -2.53. The van der Waals surface area contributed by atoms with Crippen LogP contribution in [-0.4, -0.2) is 36.2 Å². The van der Waals surface area contributed by atoms with Gasteiger partial charge in [0.05, 0.1) is 0 Å². The Morgan fingerprint density at radius 1 is 1.17 bits per heavy atom. The minimum absolute atomic E-state index is 0.138. The van der Waals surface area contributed by atoms with Crippen molar-refractivity contribution in [1.29, 1.82) is 0 Å². The number of rotatable bonds is 4. The predicted molar refractivity (Wildman–Crippen MR) is 88.6 cm³/mol. The van der Waals surface area contributed by atoms with Gasteiger partial charge in [-0.25, -0.2) is 13.2 Å². The molecule has 2 unspecified atom stereocenters. The second-order valence-corrected chi connectivity index (χ2v) is 6.53.